The van der Waals surface area contributed by atoms with Crippen molar-refractivity contribution in [3.05, 3.63) is 35.4 Å². The number of benzene rings is 1. The molecule has 0 atom stereocenters. The fourth-order valence-corrected chi connectivity index (χ4v) is 1.69. The minimum absolute atomic E-state index is 0.451. The van der Waals surface area contributed by atoms with E-state index in [2.05, 4.69) is 47.6 Å². The van der Waals surface area contributed by atoms with Crippen molar-refractivity contribution in [2.75, 3.05) is 6.54 Å². The van der Waals surface area contributed by atoms with Crippen molar-refractivity contribution in [1.82, 2.24) is 5.43 Å². The van der Waals surface area contributed by atoms with Crippen LogP contribution in [0.2, 0.25) is 0 Å². The molecule has 3 nitrogen and oxygen atoms in total. The zero-order chi connectivity index (χ0) is 11.4. The predicted octanol–water partition coefficient (Wildman–Crippen LogP) is 2.22. The van der Waals surface area contributed by atoms with Crippen molar-refractivity contribution in [3.63, 3.8) is 0 Å². The minimum Gasteiger partial charge on any atom is -0.266 e. The molecule has 0 fully saturated rings. The van der Waals surface area contributed by atoms with E-state index in [1.807, 2.05) is 12.3 Å². The summed E-state index contributed by atoms with van der Waals surface area (Å²) in [5, 5.41) is 4.19. The Balaban J connectivity index is 2.14. The molecule has 1 heterocycles. The largest absolute Gasteiger partial charge is 0.266 e. The second kappa shape index (κ2) is 4.92. The Morgan fingerprint density at radius 3 is 3.00 bits per heavy atom. The van der Waals surface area contributed by atoms with Gasteiger partial charge in [0.05, 0.1) is 0 Å². The molecule has 1 aromatic rings. The van der Waals surface area contributed by atoms with Crippen LogP contribution in [0.15, 0.2) is 34.4 Å². The maximum Gasteiger partial charge on any atom is 0.149 e. The van der Waals surface area contributed by atoms with E-state index >= 15 is 0 Å². The van der Waals surface area contributed by atoms with Crippen molar-refractivity contribution >= 4 is 12.1 Å². The predicted molar refractivity (Wildman–Crippen MR) is 68.0 cm³/mol. The van der Waals surface area contributed by atoms with Gasteiger partial charge >= 0.3 is 0 Å². The van der Waals surface area contributed by atoms with E-state index in [4.69, 9.17) is 0 Å². The number of aliphatic imine (C=N–C) groups is 1. The number of amidine groups is 1. The monoisotopic (exact) mass is 215 g/mol. The first-order valence-electron chi connectivity index (χ1n) is 5.69. The number of nitrogens with one attached hydrogen (secondary N) is 1. The first-order chi connectivity index (χ1) is 7.77. The van der Waals surface area contributed by atoms with Crippen LogP contribution in [0.3, 0.4) is 0 Å². The molecule has 1 aliphatic heterocycles. The van der Waals surface area contributed by atoms with Crippen LogP contribution in [0.25, 0.3) is 0 Å². The van der Waals surface area contributed by atoms with Gasteiger partial charge in [0.15, 0.2) is 0 Å². The highest BCUT2D eigenvalue weighted by molar-refractivity contribution is 6.00. The van der Waals surface area contributed by atoms with Gasteiger partial charge in [0.25, 0.3) is 0 Å². The zero-order valence-corrected chi connectivity index (χ0v) is 9.77. The smallest absolute Gasteiger partial charge is 0.149 e. The molecule has 84 valence electrons. The third kappa shape index (κ3) is 2.48. The summed E-state index contributed by atoms with van der Waals surface area (Å²) in [6.45, 7) is 5.04. The Morgan fingerprint density at radius 1 is 1.38 bits per heavy atom. The van der Waals surface area contributed by atoms with Crippen LogP contribution in [0.4, 0.5) is 0 Å². The van der Waals surface area contributed by atoms with Crippen molar-refractivity contribution in [1.29, 1.82) is 0 Å². The molecule has 0 aliphatic carbocycles. The van der Waals surface area contributed by atoms with Gasteiger partial charge in [0.1, 0.15) is 5.84 Å². The van der Waals surface area contributed by atoms with E-state index in [-0.39, 0.29) is 0 Å². The molecule has 3 heteroatoms. The molecule has 0 radical (unpaired) electrons. The number of rotatable bonds is 2. The minimum atomic E-state index is 0.451. The lowest BCUT2D eigenvalue weighted by molar-refractivity contribution is 0.868. The van der Waals surface area contributed by atoms with Gasteiger partial charge in [-0.25, -0.2) is 0 Å². The van der Waals surface area contributed by atoms with Crippen LogP contribution < -0.4 is 5.43 Å². The summed E-state index contributed by atoms with van der Waals surface area (Å²) in [7, 11) is 0. The first-order valence-corrected chi connectivity index (χ1v) is 5.69. The molecule has 0 saturated heterocycles. The van der Waals surface area contributed by atoms with Gasteiger partial charge in [-0.05, 0) is 17.9 Å². The maximum absolute atomic E-state index is 4.46. The SMILES string of the molecule is CC(C)C=NNC1=NCCc2ccccc21. The zero-order valence-electron chi connectivity index (χ0n) is 9.77. The number of fused-ring (bicyclic) bond motifs is 1. The van der Waals surface area contributed by atoms with E-state index in [9.17, 15) is 0 Å². The number of hydrazone groups is 1. The Bertz CT molecular complexity index is 419. The van der Waals surface area contributed by atoms with Crippen LogP contribution in [0, 0.1) is 5.92 Å². The highest BCUT2D eigenvalue weighted by Gasteiger charge is 2.12. The van der Waals surface area contributed by atoms with Crippen LogP contribution in [0.1, 0.15) is 25.0 Å². The molecule has 0 bridgehead atoms. The molecule has 16 heavy (non-hydrogen) atoms. The molecule has 0 amide bonds. The molecule has 0 spiro atoms. The van der Waals surface area contributed by atoms with Gasteiger partial charge in [-0.3, -0.25) is 10.4 Å². The van der Waals surface area contributed by atoms with Crippen LogP contribution in [0.5, 0.6) is 0 Å². The van der Waals surface area contributed by atoms with E-state index in [0.29, 0.717) is 5.92 Å². The number of nitrogens with zero attached hydrogens (tertiary/aromatic N) is 2. The molecule has 1 N–H and O–H groups in total. The number of hydrogen-bond acceptors (Lipinski definition) is 3. The lowest BCUT2D eigenvalue weighted by atomic mass is 10.0. The van der Waals surface area contributed by atoms with Gasteiger partial charge in [-0.15, -0.1) is 0 Å². The Kier molecular flexibility index (Phi) is 3.34. The standard InChI is InChI=1S/C13H17N3/c1-10(2)9-15-16-13-12-6-4-3-5-11(12)7-8-14-13/h3-6,9-10H,7-8H2,1-2H3,(H,14,16). The summed E-state index contributed by atoms with van der Waals surface area (Å²) in [5.41, 5.74) is 5.55. The average molecular weight is 215 g/mol. The molecule has 1 aromatic carbocycles. The fraction of sp³-hybridized carbons (Fsp3) is 0.385. The van der Waals surface area contributed by atoms with Crippen molar-refractivity contribution in [3.8, 4) is 0 Å². The van der Waals surface area contributed by atoms with Crippen LogP contribution in [-0.2, 0) is 6.42 Å². The first kappa shape index (κ1) is 10.9. The Hall–Kier alpha value is -1.64. The van der Waals surface area contributed by atoms with E-state index in [0.717, 1.165) is 18.8 Å². The molecular formula is C13H17N3. The molecule has 1 aliphatic rings. The van der Waals surface area contributed by atoms with E-state index in [1.165, 1.54) is 11.1 Å². The summed E-state index contributed by atoms with van der Waals surface area (Å²) in [6, 6.07) is 8.34. The summed E-state index contributed by atoms with van der Waals surface area (Å²) < 4.78 is 0. The lowest BCUT2D eigenvalue weighted by Gasteiger charge is -2.15. The lowest BCUT2D eigenvalue weighted by Crippen LogP contribution is -2.24. The van der Waals surface area contributed by atoms with Crippen LogP contribution >= 0.6 is 0 Å². The molecule has 0 unspecified atom stereocenters. The summed E-state index contributed by atoms with van der Waals surface area (Å²) in [4.78, 5) is 4.46. The Labute approximate surface area is 96.3 Å². The van der Waals surface area contributed by atoms with Crippen molar-refractivity contribution in [2.24, 2.45) is 16.0 Å². The van der Waals surface area contributed by atoms with E-state index in [1.54, 1.807) is 0 Å². The quantitative estimate of drug-likeness (QED) is 0.596. The topological polar surface area (TPSA) is 36.8 Å². The fourth-order valence-electron chi connectivity index (χ4n) is 1.69. The van der Waals surface area contributed by atoms with Crippen molar-refractivity contribution in [2.45, 2.75) is 20.3 Å². The third-order valence-corrected chi connectivity index (χ3v) is 2.47. The van der Waals surface area contributed by atoms with Gasteiger partial charge in [-0.1, -0.05) is 38.1 Å². The van der Waals surface area contributed by atoms with Gasteiger partial charge in [-0.2, -0.15) is 5.10 Å². The second-order valence-corrected chi connectivity index (χ2v) is 4.27. The van der Waals surface area contributed by atoms with Crippen LogP contribution in [-0.4, -0.2) is 18.6 Å². The molecule has 0 saturated carbocycles. The summed E-state index contributed by atoms with van der Waals surface area (Å²) >= 11 is 0. The van der Waals surface area contributed by atoms with Crippen molar-refractivity contribution < 1.29 is 0 Å². The highest BCUT2D eigenvalue weighted by atomic mass is 15.3. The van der Waals surface area contributed by atoms with E-state index < -0.39 is 0 Å². The Morgan fingerprint density at radius 2 is 2.19 bits per heavy atom. The molecule has 0 aromatic heterocycles. The summed E-state index contributed by atoms with van der Waals surface area (Å²) in [5.74, 6) is 1.34. The summed E-state index contributed by atoms with van der Waals surface area (Å²) in [6.07, 6.45) is 2.91. The van der Waals surface area contributed by atoms with Gasteiger partial charge in [0, 0.05) is 18.3 Å². The molecular weight excluding hydrogens is 198 g/mol. The third-order valence-electron chi connectivity index (χ3n) is 2.47. The maximum atomic E-state index is 4.46. The van der Waals surface area contributed by atoms with Gasteiger partial charge < -0.3 is 0 Å². The molecule has 2 rings (SSSR count). The average Bonchev–Trinajstić information content (AvgIpc) is 2.29. The number of hydrogen-bond donors (Lipinski definition) is 1. The highest BCUT2D eigenvalue weighted by Crippen LogP contribution is 2.14. The second-order valence-electron chi connectivity index (χ2n) is 4.27. The van der Waals surface area contributed by atoms with Gasteiger partial charge in [0.2, 0.25) is 0 Å². The normalized spacial score (nSPS) is 15.1.